The minimum atomic E-state index is 0.186. The molecule has 1 aliphatic heterocycles. The molecule has 1 fully saturated rings. The molecule has 0 amide bonds. The first-order valence-corrected chi connectivity index (χ1v) is 6.90. The molecule has 0 aromatic rings. The van der Waals surface area contributed by atoms with Gasteiger partial charge in [0.15, 0.2) is 2.12 Å². The molecule has 1 saturated heterocycles. The van der Waals surface area contributed by atoms with Crippen LogP contribution >= 0.6 is 45.2 Å². The molecular formula is C9H15I2NO. The van der Waals surface area contributed by atoms with Gasteiger partial charge in [-0.25, -0.2) is 0 Å². The van der Waals surface area contributed by atoms with Gasteiger partial charge in [0.2, 0.25) is 0 Å². The number of likely N-dealkylation sites (tertiary alicyclic amines) is 1. The second kappa shape index (κ2) is 5.87. The van der Waals surface area contributed by atoms with Crippen LogP contribution in [0.2, 0.25) is 0 Å². The van der Waals surface area contributed by atoms with E-state index in [2.05, 4.69) is 63.7 Å². The molecule has 0 aromatic carbocycles. The minimum absolute atomic E-state index is 0.186. The lowest BCUT2D eigenvalue weighted by molar-refractivity contribution is 0.0623. The normalized spacial score (nSPS) is 26.6. The first-order valence-electron chi connectivity index (χ1n) is 4.41. The molecule has 0 bridgehead atoms. The lowest BCUT2D eigenvalue weighted by atomic mass is 10.1. The van der Waals surface area contributed by atoms with Gasteiger partial charge < -0.3 is 9.64 Å². The van der Waals surface area contributed by atoms with Crippen LogP contribution in [0, 0.1) is 0 Å². The van der Waals surface area contributed by atoms with Crippen LogP contribution in [0.5, 0.6) is 0 Å². The zero-order valence-corrected chi connectivity index (χ0v) is 12.1. The Morgan fingerprint density at radius 2 is 2.31 bits per heavy atom. The summed E-state index contributed by atoms with van der Waals surface area (Å²) in [5, 5.41) is 0. The van der Waals surface area contributed by atoms with E-state index < -0.39 is 0 Å². The van der Waals surface area contributed by atoms with Crippen LogP contribution in [0.1, 0.15) is 12.8 Å². The second-order valence-electron chi connectivity index (χ2n) is 3.29. The fourth-order valence-corrected chi connectivity index (χ4v) is 2.45. The standard InChI is InChI=1S/C9H15I2NO/c1-3-8(13-9(10)11)7-5-4-6-12(7)2/h3,7-9H,1,4-6H2,2H3/t7-,8-/m1/s1. The van der Waals surface area contributed by atoms with Gasteiger partial charge >= 0.3 is 0 Å². The molecule has 2 atom stereocenters. The Kier molecular flexibility index (Phi) is 5.50. The number of likely N-dealkylation sites (N-methyl/N-ethyl adjacent to an activating group) is 1. The smallest absolute Gasteiger partial charge is 0.160 e. The molecule has 2 nitrogen and oxygen atoms in total. The van der Waals surface area contributed by atoms with Crippen LogP contribution in [0.25, 0.3) is 0 Å². The molecule has 1 heterocycles. The lowest BCUT2D eigenvalue weighted by Crippen LogP contribution is -2.37. The van der Waals surface area contributed by atoms with E-state index in [-0.39, 0.29) is 8.22 Å². The molecule has 0 N–H and O–H groups in total. The first-order chi connectivity index (χ1) is 6.15. The number of hydrogen-bond acceptors (Lipinski definition) is 2. The highest BCUT2D eigenvalue weighted by molar-refractivity contribution is 14.2. The van der Waals surface area contributed by atoms with E-state index in [0.29, 0.717) is 6.04 Å². The number of halogens is 2. The van der Waals surface area contributed by atoms with Gasteiger partial charge in [-0.2, -0.15) is 0 Å². The van der Waals surface area contributed by atoms with Crippen molar-refractivity contribution in [1.82, 2.24) is 4.90 Å². The van der Waals surface area contributed by atoms with Crippen LogP contribution < -0.4 is 0 Å². The largest absolute Gasteiger partial charge is 0.349 e. The lowest BCUT2D eigenvalue weighted by Gasteiger charge is -2.27. The average Bonchev–Trinajstić information content (AvgIpc) is 2.47. The summed E-state index contributed by atoms with van der Waals surface area (Å²) in [5.41, 5.74) is 0. The van der Waals surface area contributed by atoms with Gasteiger partial charge in [-0.15, -0.1) is 6.58 Å². The molecule has 13 heavy (non-hydrogen) atoms. The van der Waals surface area contributed by atoms with Gasteiger partial charge in [-0.3, -0.25) is 0 Å². The van der Waals surface area contributed by atoms with Crippen molar-refractivity contribution in [3.63, 3.8) is 0 Å². The van der Waals surface area contributed by atoms with Crippen LogP contribution in [-0.2, 0) is 4.74 Å². The Morgan fingerprint density at radius 1 is 1.62 bits per heavy atom. The van der Waals surface area contributed by atoms with Crippen molar-refractivity contribution >= 4 is 45.2 Å². The van der Waals surface area contributed by atoms with Crippen LogP contribution in [-0.4, -0.2) is 32.8 Å². The highest BCUT2D eigenvalue weighted by Gasteiger charge is 2.28. The van der Waals surface area contributed by atoms with Gasteiger partial charge in [0.1, 0.15) is 0 Å². The molecule has 1 rings (SSSR count). The topological polar surface area (TPSA) is 12.5 Å². The third kappa shape index (κ3) is 3.64. The van der Waals surface area contributed by atoms with E-state index >= 15 is 0 Å². The summed E-state index contributed by atoms with van der Waals surface area (Å²) < 4.78 is 6.00. The van der Waals surface area contributed by atoms with E-state index in [0.717, 1.165) is 0 Å². The van der Waals surface area contributed by atoms with E-state index in [1.165, 1.54) is 19.4 Å². The monoisotopic (exact) mass is 407 g/mol. The maximum absolute atomic E-state index is 5.77. The van der Waals surface area contributed by atoms with Gasteiger partial charge in [-0.05, 0) is 71.6 Å². The Morgan fingerprint density at radius 3 is 2.69 bits per heavy atom. The van der Waals surface area contributed by atoms with E-state index in [1.54, 1.807) is 0 Å². The minimum Gasteiger partial charge on any atom is -0.349 e. The van der Waals surface area contributed by atoms with Crippen LogP contribution in [0.15, 0.2) is 12.7 Å². The van der Waals surface area contributed by atoms with Crippen LogP contribution in [0.3, 0.4) is 0 Å². The number of ether oxygens (including phenoxy) is 1. The number of hydrogen-bond donors (Lipinski definition) is 0. The molecule has 1 aliphatic rings. The van der Waals surface area contributed by atoms with Gasteiger partial charge in [0, 0.05) is 6.04 Å². The molecule has 76 valence electrons. The summed E-state index contributed by atoms with van der Waals surface area (Å²) in [7, 11) is 2.16. The number of nitrogens with zero attached hydrogens (tertiary/aromatic N) is 1. The fourth-order valence-electron chi connectivity index (χ4n) is 1.77. The molecule has 0 aromatic heterocycles. The number of alkyl halides is 2. The van der Waals surface area contributed by atoms with Crippen molar-refractivity contribution in [2.75, 3.05) is 13.6 Å². The van der Waals surface area contributed by atoms with Crippen molar-refractivity contribution in [3.8, 4) is 0 Å². The van der Waals surface area contributed by atoms with Crippen LogP contribution in [0.4, 0.5) is 0 Å². The fraction of sp³-hybridized carbons (Fsp3) is 0.778. The van der Waals surface area contributed by atoms with Crippen molar-refractivity contribution in [2.45, 2.75) is 27.1 Å². The second-order valence-corrected chi connectivity index (χ2v) is 7.93. The van der Waals surface area contributed by atoms with Crippen molar-refractivity contribution in [3.05, 3.63) is 12.7 Å². The summed E-state index contributed by atoms with van der Waals surface area (Å²) in [4.78, 5) is 2.36. The summed E-state index contributed by atoms with van der Waals surface area (Å²) >= 11 is 4.55. The van der Waals surface area contributed by atoms with Crippen molar-refractivity contribution in [1.29, 1.82) is 0 Å². The third-order valence-corrected chi connectivity index (χ3v) is 3.04. The molecule has 0 saturated carbocycles. The van der Waals surface area contributed by atoms with Gasteiger partial charge in [0.05, 0.1) is 6.10 Å². The zero-order valence-electron chi connectivity index (χ0n) is 7.75. The molecular weight excluding hydrogens is 392 g/mol. The predicted octanol–water partition coefficient (Wildman–Crippen LogP) is 2.81. The summed E-state index contributed by atoms with van der Waals surface area (Å²) in [5.74, 6) is 0. The molecule has 0 spiro atoms. The zero-order chi connectivity index (χ0) is 9.84. The number of rotatable bonds is 4. The molecule has 0 aliphatic carbocycles. The van der Waals surface area contributed by atoms with Gasteiger partial charge in [0.25, 0.3) is 0 Å². The van der Waals surface area contributed by atoms with Gasteiger partial charge in [-0.1, -0.05) is 6.08 Å². The highest BCUT2D eigenvalue weighted by atomic mass is 127. The SMILES string of the molecule is C=C[C@@H](OC(I)I)[C@H]1CCCN1C. The molecule has 4 heteroatoms. The quantitative estimate of drug-likeness (QED) is 0.404. The first kappa shape index (κ1) is 12.2. The predicted molar refractivity (Wildman–Crippen MR) is 72.6 cm³/mol. The third-order valence-electron chi connectivity index (χ3n) is 2.45. The summed E-state index contributed by atoms with van der Waals surface area (Å²) in [6.45, 7) is 5.02. The Bertz CT molecular complexity index is 175. The Balaban J connectivity index is 2.49. The van der Waals surface area contributed by atoms with Crippen molar-refractivity contribution in [2.24, 2.45) is 0 Å². The summed E-state index contributed by atoms with van der Waals surface area (Å²) in [6, 6.07) is 0.532. The average molecular weight is 407 g/mol. The molecule has 0 radical (unpaired) electrons. The summed E-state index contributed by atoms with van der Waals surface area (Å²) in [6.07, 6.45) is 4.62. The maximum Gasteiger partial charge on any atom is 0.160 e. The van der Waals surface area contributed by atoms with E-state index in [9.17, 15) is 0 Å². The molecule has 0 unspecified atom stereocenters. The van der Waals surface area contributed by atoms with E-state index in [1.807, 2.05) is 6.08 Å². The van der Waals surface area contributed by atoms with Crippen molar-refractivity contribution < 1.29 is 4.74 Å². The Hall–Kier alpha value is 1.12. The highest BCUT2D eigenvalue weighted by Crippen LogP contribution is 2.24. The van der Waals surface area contributed by atoms with E-state index in [4.69, 9.17) is 4.74 Å². The Labute approximate surface area is 107 Å². The maximum atomic E-state index is 5.77.